The number of likely N-dealkylation sites (tertiary alicyclic amines) is 1. The van der Waals surface area contributed by atoms with Crippen LogP contribution in [0.15, 0.2) is 29.3 Å². The van der Waals surface area contributed by atoms with Crippen LogP contribution < -0.4 is 0 Å². The summed E-state index contributed by atoms with van der Waals surface area (Å²) in [5.74, 6) is 0.695. The molecule has 2 aromatic rings. The summed E-state index contributed by atoms with van der Waals surface area (Å²) in [7, 11) is 1.80. The van der Waals surface area contributed by atoms with E-state index in [9.17, 15) is 0 Å². The quantitative estimate of drug-likeness (QED) is 0.620. The van der Waals surface area contributed by atoms with Gasteiger partial charge in [0.15, 0.2) is 11.0 Å². The highest BCUT2D eigenvalue weighted by Gasteiger charge is 2.31. The Morgan fingerprint density at radius 3 is 3.09 bits per heavy atom. The van der Waals surface area contributed by atoms with Gasteiger partial charge in [-0.15, -0.1) is 15.0 Å². The van der Waals surface area contributed by atoms with E-state index in [1.807, 2.05) is 18.4 Å². The van der Waals surface area contributed by atoms with E-state index in [4.69, 9.17) is 5.26 Å². The monoisotopic (exact) mass is 327 g/mol. The van der Waals surface area contributed by atoms with E-state index >= 15 is 0 Å². The molecule has 1 aromatic carbocycles. The first kappa shape index (κ1) is 15.5. The standard InChI is InChI=1S/C15H17N7S/c1-17-15(23-2)21-8-4-7-13(21)14-18-20-22(19-14)12-6-3-5-11(9-12)10-16/h3,5-6,9,13H,4,7-8H2,1-2H3/b17-15-/t13-/m1/s1. The van der Waals surface area contributed by atoms with Gasteiger partial charge in [-0.2, -0.15) is 5.26 Å². The van der Waals surface area contributed by atoms with Gasteiger partial charge in [0, 0.05) is 13.6 Å². The van der Waals surface area contributed by atoms with E-state index in [2.05, 4.69) is 31.4 Å². The SMILES string of the molecule is C/N=C(\SC)N1CCC[C@@H]1c1nnn(-c2cccc(C#N)c2)n1. The predicted octanol–water partition coefficient (Wildman–Crippen LogP) is 2.02. The lowest BCUT2D eigenvalue weighted by molar-refractivity contribution is 0.390. The van der Waals surface area contributed by atoms with E-state index in [0.717, 1.165) is 30.2 Å². The van der Waals surface area contributed by atoms with Crippen molar-refractivity contribution < 1.29 is 0 Å². The van der Waals surface area contributed by atoms with Crippen molar-refractivity contribution in [1.82, 2.24) is 25.1 Å². The number of aliphatic imine (C=N–C) groups is 1. The lowest BCUT2D eigenvalue weighted by atomic mass is 10.2. The first-order valence-electron chi connectivity index (χ1n) is 7.34. The topological polar surface area (TPSA) is 83.0 Å². The van der Waals surface area contributed by atoms with Crippen molar-refractivity contribution in [3.05, 3.63) is 35.7 Å². The fraction of sp³-hybridized carbons (Fsp3) is 0.400. The summed E-state index contributed by atoms with van der Waals surface area (Å²) < 4.78 is 0. The smallest absolute Gasteiger partial charge is 0.197 e. The summed E-state index contributed by atoms with van der Waals surface area (Å²) in [6, 6.07) is 9.40. The average molecular weight is 327 g/mol. The van der Waals surface area contributed by atoms with E-state index in [1.165, 1.54) is 4.80 Å². The first-order chi connectivity index (χ1) is 11.3. The third-order valence-electron chi connectivity index (χ3n) is 3.81. The van der Waals surface area contributed by atoms with Crippen LogP contribution in [-0.4, -0.2) is 50.1 Å². The third-order valence-corrected chi connectivity index (χ3v) is 4.59. The number of hydrogen-bond donors (Lipinski definition) is 0. The first-order valence-corrected chi connectivity index (χ1v) is 8.57. The van der Waals surface area contributed by atoms with E-state index in [1.54, 1.807) is 30.9 Å². The molecule has 1 fully saturated rings. The molecule has 1 aliphatic rings. The molecular weight excluding hydrogens is 310 g/mol. The van der Waals surface area contributed by atoms with Gasteiger partial charge in [-0.3, -0.25) is 4.99 Å². The number of benzene rings is 1. The summed E-state index contributed by atoms with van der Waals surface area (Å²) >= 11 is 1.63. The van der Waals surface area contributed by atoms with Crippen molar-refractivity contribution in [3.8, 4) is 11.8 Å². The van der Waals surface area contributed by atoms with E-state index < -0.39 is 0 Å². The zero-order valence-electron chi connectivity index (χ0n) is 13.0. The molecule has 1 atom stereocenters. The van der Waals surface area contributed by atoms with Crippen LogP contribution in [0.25, 0.3) is 5.69 Å². The maximum Gasteiger partial charge on any atom is 0.197 e. The largest absolute Gasteiger partial charge is 0.341 e. The molecule has 0 bridgehead atoms. The molecular formula is C15H17N7S. The van der Waals surface area contributed by atoms with Crippen molar-refractivity contribution in [2.75, 3.05) is 19.8 Å². The summed E-state index contributed by atoms with van der Waals surface area (Å²) in [5.41, 5.74) is 1.31. The second-order valence-electron chi connectivity index (χ2n) is 5.16. The van der Waals surface area contributed by atoms with Crippen molar-refractivity contribution >= 4 is 16.9 Å². The summed E-state index contributed by atoms with van der Waals surface area (Å²) in [5, 5.41) is 22.9. The Hall–Kier alpha value is -2.40. The van der Waals surface area contributed by atoms with Crippen LogP contribution in [0.1, 0.15) is 30.3 Å². The average Bonchev–Trinajstić information content (AvgIpc) is 3.25. The Balaban J connectivity index is 1.88. The molecule has 0 radical (unpaired) electrons. The molecule has 0 spiro atoms. The minimum absolute atomic E-state index is 0.106. The summed E-state index contributed by atoms with van der Waals surface area (Å²) in [6.07, 6.45) is 4.10. The maximum atomic E-state index is 9.00. The lowest BCUT2D eigenvalue weighted by Crippen LogP contribution is -2.29. The minimum Gasteiger partial charge on any atom is -0.341 e. The zero-order valence-corrected chi connectivity index (χ0v) is 13.9. The molecule has 23 heavy (non-hydrogen) atoms. The lowest BCUT2D eigenvalue weighted by Gasteiger charge is -2.24. The number of nitrogens with zero attached hydrogens (tertiary/aromatic N) is 7. The van der Waals surface area contributed by atoms with Crippen molar-refractivity contribution in [3.63, 3.8) is 0 Å². The third kappa shape index (κ3) is 3.05. The van der Waals surface area contributed by atoms with Crippen LogP contribution in [0, 0.1) is 11.3 Å². The molecule has 0 amide bonds. The van der Waals surface area contributed by atoms with Gasteiger partial charge in [-0.05, 0) is 42.5 Å². The highest BCUT2D eigenvalue weighted by atomic mass is 32.2. The fourth-order valence-corrected chi connectivity index (χ4v) is 3.40. The second-order valence-corrected chi connectivity index (χ2v) is 5.93. The van der Waals surface area contributed by atoms with Crippen LogP contribution in [0.5, 0.6) is 0 Å². The Bertz CT molecular complexity index is 761. The molecule has 0 aliphatic carbocycles. The number of nitriles is 1. The molecule has 1 aliphatic heterocycles. The number of thioether (sulfide) groups is 1. The summed E-state index contributed by atoms with van der Waals surface area (Å²) in [6.45, 7) is 0.955. The Morgan fingerprint density at radius 1 is 1.48 bits per heavy atom. The van der Waals surface area contributed by atoms with Crippen molar-refractivity contribution in [2.24, 2.45) is 4.99 Å². The molecule has 1 aromatic heterocycles. The van der Waals surface area contributed by atoms with Crippen LogP contribution in [0.3, 0.4) is 0 Å². The number of hydrogen-bond acceptors (Lipinski definition) is 6. The maximum absolute atomic E-state index is 9.00. The highest BCUT2D eigenvalue weighted by molar-refractivity contribution is 8.13. The van der Waals surface area contributed by atoms with Crippen molar-refractivity contribution in [2.45, 2.75) is 18.9 Å². The minimum atomic E-state index is 0.106. The van der Waals surface area contributed by atoms with Gasteiger partial charge >= 0.3 is 0 Å². The molecule has 118 valence electrons. The van der Waals surface area contributed by atoms with Gasteiger partial charge in [0.05, 0.1) is 23.4 Å². The van der Waals surface area contributed by atoms with Gasteiger partial charge in [-0.1, -0.05) is 17.8 Å². The highest BCUT2D eigenvalue weighted by Crippen LogP contribution is 2.31. The number of amidine groups is 1. The van der Waals surface area contributed by atoms with E-state index in [0.29, 0.717) is 11.4 Å². The number of tetrazole rings is 1. The van der Waals surface area contributed by atoms with Crippen LogP contribution in [0.4, 0.5) is 0 Å². The van der Waals surface area contributed by atoms with Crippen LogP contribution in [0.2, 0.25) is 0 Å². The van der Waals surface area contributed by atoms with Crippen molar-refractivity contribution in [1.29, 1.82) is 5.26 Å². The second kappa shape index (κ2) is 6.79. The van der Waals surface area contributed by atoms with Gasteiger partial charge < -0.3 is 4.90 Å². The Morgan fingerprint density at radius 2 is 2.35 bits per heavy atom. The van der Waals surface area contributed by atoms with Gasteiger partial charge in [-0.25, -0.2) is 0 Å². The molecule has 3 rings (SSSR count). The molecule has 0 N–H and O–H groups in total. The molecule has 0 unspecified atom stereocenters. The normalized spacial score (nSPS) is 18.2. The van der Waals surface area contributed by atoms with E-state index in [-0.39, 0.29) is 6.04 Å². The van der Waals surface area contributed by atoms with Gasteiger partial charge in [0.1, 0.15) is 0 Å². The Kier molecular flexibility index (Phi) is 4.57. The molecule has 7 nitrogen and oxygen atoms in total. The van der Waals surface area contributed by atoms with Crippen LogP contribution >= 0.6 is 11.8 Å². The number of rotatable bonds is 2. The predicted molar refractivity (Wildman–Crippen MR) is 89.4 cm³/mol. The molecule has 8 heteroatoms. The van der Waals surface area contributed by atoms with Gasteiger partial charge in [0.2, 0.25) is 0 Å². The number of aromatic nitrogens is 4. The zero-order chi connectivity index (χ0) is 16.2. The summed E-state index contributed by atoms with van der Waals surface area (Å²) in [4.78, 5) is 8.05. The van der Waals surface area contributed by atoms with Crippen LogP contribution in [-0.2, 0) is 0 Å². The molecule has 2 heterocycles. The fourth-order valence-electron chi connectivity index (χ4n) is 2.77. The van der Waals surface area contributed by atoms with Gasteiger partial charge in [0.25, 0.3) is 0 Å². The molecule has 0 saturated carbocycles. The molecule has 1 saturated heterocycles. The Labute approximate surface area is 139 Å².